The van der Waals surface area contributed by atoms with Crippen molar-refractivity contribution in [2.45, 2.75) is 84.9 Å². The highest BCUT2D eigenvalue weighted by Crippen LogP contribution is 2.30. The number of hydrogen-bond donors (Lipinski definition) is 2. The van der Waals surface area contributed by atoms with Gasteiger partial charge in [-0.25, -0.2) is 4.98 Å². The summed E-state index contributed by atoms with van der Waals surface area (Å²) in [5.41, 5.74) is 1.28. The molecule has 0 spiro atoms. The molecule has 0 saturated heterocycles. The lowest BCUT2D eigenvalue weighted by Crippen LogP contribution is -2.42. The molecular formula is C32H47N3O5S. The molecule has 1 unspecified atom stereocenters. The number of aliphatic carboxylic acids is 1. The van der Waals surface area contributed by atoms with Crippen LogP contribution in [-0.4, -0.2) is 58.5 Å². The first-order valence-corrected chi connectivity index (χ1v) is 15.4. The second-order valence-electron chi connectivity index (χ2n) is 11.3. The van der Waals surface area contributed by atoms with Crippen LogP contribution in [-0.2, 0) is 20.7 Å². The molecule has 2 rings (SSSR count). The van der Waals surface area contributed by atoms with Crippen LogP contribution >= 0.6 is 11.3 Å². The van der Waals surface area contributed by atoms with Gasteiger partial charge in [-0.3, -0.25) is 14.4 Å². The fourth-order valence-corrected chi connectivity index (χ4v) is 5.57. The number of ether oxygens (including phenoxy) is 1. The van der Waals surface area contributed by atoms with E-state index in [4.69, 9.17) is 4.74 Å². The van der Waals surface area contributed by atoms with E-state index in [1.807, 2.05) is 42.3 Å². The summed E-state index contributed by atoms with van der Waals surface area (Å²) in [5, 5.41) is 14.8. The minimum Gasteiger partial charge on any atom is -0.481 e. The lowest BCUT2D eigenvalue weighted by molar-refractivity contribution is -0.141. The topological polar surface area (TPSA) is 109 Å². The molecule has 2 aromatic rings. The van der Waals surface area contributed by atoms with Gasteiger partial charge in [-0.2, -0.15) is 0 Å². The number of nitrogens with zero attached hydrogens (tertiary/aromatic N) is 2. The summed E-state index contributed by atoms with van der Waals surface area (Å²) in [5.74, 6) is -1.25. The van der Waals surface area contributed by atoms with Crippen molar-refractivity contribution in [1.29, 1.82) is 0 Å². The number of amides is 2. The molecule has 1 aromatic carbocycles. The SMILES string of the molecule is C=CCO[C@H](CC(C(C)C)N(C)C(=O)C[C@@H](C)CC)c1nc(C(=O)N[C@@H](Cc2ccccc2)C[C@H](C)C(=O)O)cs1. The van der Waals surface area contributed by atoms with Gasteiger partial charge in [0.1, 0.15) is 16.8 Å². The summed E-state index contributed by atoms with van der Waals surface area (Å²) in [4.78, 5) is 44.3. The van der Waals surface area contributed by atoms with E-state index in [1.54, 1.807) is 18.4 Å². The number of carboxylic acids is 1. The Bertz CT molecular complexity index is 1120. The fraction of sp³-hybridized carbons (Fsp3) is 0.562. The fourth-order valence-electron chi connectivity index (χ4n) is 4.71. The predicted octanol–water partition coefficient (Wildman–Crippen LogP) is 6.15. The Balaban J connectivity index is 2.22. The van der Waals surface area contributed by atoms with Gasteiger partial charge in [0.2, 0.25) is 5.91 Å². The second-order valence-corrected chi connectivity index (χ2v) is 12.2. The van der Waals surface area contributed by atoms with Gasteiger partial charge >= 0.3 is 5.97 Å². The monoisotopic (exact) mass is 585 g/mol. The first kappa shape index (κ1) is 34.2. The molecule has 2 N–H and O–H groups in total. The smallest absolute Gasteiger partial charge is 0.306 e. The zero-order chi connectivity index (χ0) is 30.5. The van der Waals surface area contributed by atoms with Crippen LogP contribution in [0.5, 0.6) is 0 Å². The number of carboxylic acid groups (broad SMARTS) is 1. The molecule has 8 nitrogen and oxygen atoms in total. The average Bonchev–Trinajstić information content (AvgIpc) is 3.43. The van der Waals surface area contributed by atoms with Gasteiger partial charge in [0.05, 0.1) is 12.5 Å². The maximum atomic E-state index is 13.3. The number of nitrogens with one attached hydrogen (secondary N) is 1. The van der Waals surface area contributed by atoms with E-state index in [1.165, 1.54) is 11.3 Å². The summed E-state index contributed by atoms with van der Waals surface area (Å²) in [6.07, 6.45) is 4.05. The maximum absolute atomic E-state index is 13.3. The molecule has 0 aliphatic rings. The van der Waals surface area contributed by atoms with Crippen LogP contribution in [0.3, 0.4) is 0 Å². The Morgan fingerprint density at radius 1 is 1.15 bits per heavy atom. The van der Waals surface area contributed by atoms with Crippen molar-refractivity contribution in [3.8, 4) is 0 Å². The third-order valence-electron chi connectivity index (χ3n) is 7.50. The highest BCUT2D eigenvalue weighted by molar-refractivity contribution is 7.09. The molecule has 9 heteroatoms. The van der Waals surface area contributed by atoms with E-state index in [0.29, 0.717) is 43.2 Å². The largest absolute Gasteiger partial charge is 0.481 e. The summed E-state index contributed by atoms with van der Waals surface area (Å²) < 4.78 is 6.12. The molecule has 1 aromatic heterocycles. The molecule has 2 amide bonds. The molecule has 0 aliphatic carbocycles. The second kappa shape index (κ2) is 17.0. The van der Waals surface area contributed by atoms with Gasteiger partial charge < -0.3 is 20.1 Å². The third-order valence-corrected chi connectivity index (χ3v) is 8.44. The van der Waals surface area contributed by atoms with Crippen LogP contribution in [0.2, 0.25) is 0 Å². The number of thiazole rings is 1. The molecule has 5 atom stereocenters. The minimum absolute atomic E-state index is 0.0738. The van der Waals surface area contributed by atoms with Crippen LogP contribution in [0.25, 0.3) is 0 Å². The zero-order valence-corrected chi connectivity index (χ0v) is 26.2. The van der Waals surface area contributed by atoms with Crippen LogP contribution in [0, 0.1) is 17.8 Å². The van der Waals surface area contributed by atoms with Gasteiger partial charge in [-0.05, 0) is 30.2 Å². The predicted molar refractivity (Wildman–Crippen MR) is 164 cm³/mol. The molecule has 1 heterocycles. The summed E-state index contributed by atoms with van der Waals surface area (Å²) >= 11 is 1.35. The Hall–Kier alpha value is -3.04. The van der Waals surface area contributed by atoms with E-state index < -0.39 is 18.0 Å². The van der Waals surface area contributed by atoms with Gasteiger partial charge in [0.25, 0.3) is 5.91 Å². The number of carbonyl (C=O) groups excluding carboxylic acids is 2. The van der Waals surface area contributed by atoms with Crippen molar-refractivity contribution in [3.63, 3.8) is 0 Å². The van der Waals surface area contributed by atoms with Gasteiger partial charge in [-0.1, -0.05) is 77.4 Å². The van der Waals surface area contributed by atoms with Crippen LogP contribution in [0.1, 0.15) is 87.5 Å². The Kier molecular flexibility index (Phi) is 14.2. The van der Waals surface area contributed by atoms with Crippen molar-refractivity contribution in [2.75, 3.05) is 13.7 Å². The third kappa shape index (κ3) is 11.0. The number of hydrogen-bond acceptors (Lipinski definition) is 6. The van der Waals surface area contributed by atoms with Crippen molar-refractivity contribution in [2.24, 2.45) is 17.8 Å². The van der Waals surface area contributed by atoms with E-state index in [-0.39, 0.29) is 35.5 Å². The van der Waals surface area contributed by atoms with Crippen molar-refractivity contribution >= 4 is 29.1 Å². The van der Waals surface area contributed by atoms with Crippen molar-refractivity contribution < 1.29 is 24.2 Å². The summed E-state index contributed by atoms with van der Waals surface area (Å²) in [6.45, 7) is 14.1. The number of aromatic nitrogens is 1. The highest BCUT2D eigenvalue weighted by atomic mass is 32.1. The molecule has 41 heavy (non-hydrogen) atoms. The average molecular weight is 586 g/mol. The maximum Gasteiger partial charge on any atom is 0.306 e. The van der Waals surface area contributed by atoms with Crippen LogP contribution in [0.15, 0.2) is 48.4 Å². The number of benzene rings is 1. The Morgan fingerprint density at radius 3 is 2.41 bits per heavy atom. The molecule has 0 bridgehead atoms. The first-order chi connectivity index (χ1) is 19.5. The van der Waals surface area contributed by atoms with Gasteiger partial charge in [0, 0.05) is 37.4 Å². The van der Waals surface area contributed by atoms with Crippen LogP contribution < -0.4 is 5.32 Å². The Morgan fingerprint density at radius 2 is 1.83 bits per heavy atom. The lowest BCUT2D eigenvalue weighted by Gasteiger charge is -2.34. The van der Waals surface area contributed by atoms with Gasteiger partial charge in [-0.15, -0.1) is 17.9 Å². The van der Waals surface area contributed by atoms with E-state index in [2.05, 4.69) is 44.6 Å². The molecule has 0 radical (unpaired) electrons. The summed E-state index contributed by atoms with van der Waals surface area (Å²) in [7, 11) is 1.85. The molecule has 0 saturated carbocycles. The first-order valence-electron chi connectivity index (χ1n) is 14.5. The minimum atomic E-state index is -0.900. The van der Waals surface area contributed by atoms with Crippen LogP contribution in [0.4, 0.5) is 0 Å². The molecule has 226 valence electrons. The number of carbonyl (C=O) groups is 3. The molecule has 0 fully saturated rings. The van der Waals surface area contributed by atoms with Crippen molar-refractivity contribution in [3.05, 3.63) is 64.6 Å². The standard InChI is InChI=1S/C32H47N3O5S/c1-8-15-40-28(19-27(21(3)4)35(7)29(36)16-22(5)9-2)31-34-26(20-41-31)30(37)33-25(17-23(6)32(38)39)18-24-13-11-10-12-14-24/h8,10-14,20-23,25,27-28H,1,9,15-19H2,2-7H3,(H,33,37)(H,38,39)/t22-,23-,25+,27?,28+/m0/s1. The zero-order valence-electron chi connectivity index (χ0n) is 25.3. The van der Waals surface area contributed by atoms with Gasteiger partial charge in [0.15, 0.2) is 0 Å². The lowest BCUT2D eigenvalue weighted by atomic mass is 9.95. The Labute approximate surface area is 249 Å². The van der Waals surface area contributed by atoms with E-state index in [0.717, 1.165) is 12.0 Å². The highest BCUT2D eigenvalue weighted by Gasteiger charge is 2.30. The molecular weight excluding hydrogens is 538 g/mol. The quantitative estimate of drug-likeness (QED) is 0.203. The number of rotatable bonds is 18. The van der Waals surface area contributed by atoms with Crippen molar-refractivity contribution in [1.82, 2.24) is 15.2 Å². The summed E-state index contributed by atoms with van der Waals surface area (Å²) in [6, 6.07) is 9.24. The van der Waals surface area contributed by atoms with E-state index >= 15 is 0 Å². The molecule has 0 aliphatic heterocycles. The van der Waals surface area contributed by atoms with E-state index in [9.17, 15) is 19.5 Å². The normalized spacial score (nSPS) is 15.0.